The van der Waals surface area contributed by atoms with Gasteiger partial charge in [0.2, 0.25) is 0 Å². The molecule has 0 bridgehead atoms. The molecule has 1 aromatic carbocycles. The average molecular weight is 449 g/mol. The van der Waals surface area contributed by atoms with E-state index < -0.39 is 0 Å². The number of rotatable bonds is 6. The number of piperidine rings is 1. The van der Waals surface area contributed by atoms with Crippen LogP contribution in [0, 0.1) is 6.92 Å². The zero-order valence-corrected chi connectivity index (χ0v) is 20.9. The first-order valence-electron chi connectivity index (χ1n) is 12.7. The fraction of sp³-hybridized carbons (Fsp3) is 0.571. The van der Waals surface area contributed by atoms with Crippen LogP contribution in [0.1, 0.15) is 78.2 Å². The molecular weight excluding hydrogens is 408 g/mol. The Hall–Kier alpha value is -2.40. The van der Waals surface area contributed by atoms with E-state index in [1.165, 1.54) is 30.5 Å². The Labute approximate surface area is 199 Å². The highest BCUT2D eigenvalue weighted by Crippen LogP contribution is 2.32. The van der Waals surface area contributed by atoms with E-state index in [1.54, 1.807) is 0 Å². The monoisotopic (exact) mass is 448 g/mol. The van der Waals surface area contributed by atoms with Crippen LogP contribution in [0.25, 0.3) is 0 Å². The first kappa shape index (κ1) is 23.7. The van der Waals surface area contributed by atoms with Gasteiger partial charge in [-0.15, -0.1) is 0 Å². The maximum absolute atomic E-state index is 13.5. The van der Waals surface area contributed by atoms with Crippen LogP contribution >= 0.6 is 0 Å². The van der Waals surface area contributed by atoms with E-state index in [9.17, 15) is 4.79 Å². The summed E-state index contributed by atoms with van der Waals surface area (Å²) in [5.41, 5.74) is 5.45. The van der Waals surface area contributed by atoms with E-state index in [1.807, 2.05) is 31.0 Å². The second kappa shape index (κ2) is 10.7. The summed E-state index contributed by atoms with van der Waals surface area (Å²) < 4.78 is 0. The van der Waals surface area contributed by atoms with Gasteiger partial charge in [-0.1, -0.05) is 31.4 Å². The molecule has 0 radical (unpaired) electrons. The number of anilines is 1. The van der Waals surface area contributed by atoms with Crippen molar-refractivity contribution in [1.29, 1.82) is 0 Å². The van der Waals surface area contributed by atoms with Crippen LogP contribution in [-0.4, -0.2) is 61.0 Å². The number of aryl methyl sites for hydroxylation is 1. The van der Waals surface area contributed by atoms with Crippen LogP contribution in [0.2, 0.25) is 0 Å². The fourth-order valence-electron chi connectivity index (χ4n) is 5.42. The molecule has 0 unspecified atom stereocenters. The number of hydrogen-bond donors (Lipinski definition) is 0. The predicted octanol–water partition coefficient (Wildman–Crippen LogP) is 5.24. The summed E-state index contributed by atoms with van der Waals surface area (Å²) in [4.78, 5) is 25.1. The van der Waals surface area contributed by atoms with Gasteiger partial charge in [0.05, 0.1) is 11.3 Å². The Morgan fingerprint density at radius 1 is 0.939 bits per heavy atom. The Kier molecular flexibility index (Phi) is 7.69. The number of carbonyl (C=O) groups excluding carboxylic acids is 1. The van der Waals surface area contributed by atoms with E-state index in [2.05, 4.69) is 48.2 Å². The van der Waals surface area contributed by atoms with E-state index in [4.69, 9.17) is 4.98 Å². The Morgan fingerprint density at radius 3 is 2.24 bits per heavy atom. The molecule has 1 amide bonds. The lowest BCUT2D eigenvalue weighted by molar-refractivity contribution is 0.0693. The highest BCUT2D eigenvalue weighted by molar-refractivity contribution is 5.95. The number of amides is 1. The van der Waals surface area contributed by atoms with Gasteiger partial charge in [-0.2, -0.15) is 0 Å². The Morgan fingerprint density at radius 2 is 1.61 bits per heavy atom. The highest BCUT2D eigenvalue weighted by atomic mass is 16.2. The molecule has 0 N–H and O–H groups in total. The summed E-state index contributed by atoms with van der Waals surface area (Å²) >= 11 is 0. The predicted molar refractivity (Wildman–Crippen MR) is 136 cm³/mol. The minimum atomic E-state index is 0.160. The number of benzene rings is 1. The van der Waals surface area contributed by atoms with Gasteiger partial charge in [0, 0.05) is 51.0 Å². The Bertz CT molecular complexity index is 925. The summed E-state index contributed by atoms with van der Waals surface area (Å²) in [6, 6.07) is 13.3. The molecule has 2 aliphatic rings. The standard InChI is InChI=1S/C28H40N4O/c1-21-10-15-26(28(33)31(4)25-8-6-5-7-9-25)27(29-21)23-16-18-32(19-17-23)20-22-11-13-24(14-12-22)30(2)3/h10-15,23,25H,5-9,16-20H2,1-4H3. The molecule has 2 heterocycles. The van der Waals surface area contributed by atoms with Crippen molar-refractivity contribution < 1.29 is 4.79 Å². The van der Waals surface area contributed by atoms with Crippen LogP contribution in [0.5, 0.6) is 0 Å². The maximum atomic E-state index is 13.5. The third kappa shape index (κ3) is 5.75. The molecule has 1 aliphatic carbocycles. The largest absolute Gasteiger partial charge is 0.378 e. The van der Waals surface area contributed by atoms with Crippen LogP contribution in [0.3, 0.4) is 0 Å². The SMILES string of the molecule is Cc1ccc(C(=O)N(C)C2CCCCC2)c(C2CCN(Cc3ccc(N(C)C)cc3)CC2)n1. The van der Waals surface area contributed by atoms with Crippen molar-refractivity contribution in [2.24, 2.45) is 0 Å². The number of likely N-dealkylation sites (tertiary alicyclic amines) is 1. The highest BCUT2D eigenvalue weighted by Gasteiger charge is 2.29. The number of nitrogens with zero attached hydrogens (tertiary/aromatic N) is 4. The maximum Gasteiger partial charge on any atom is 0.255 e. The summed E-state index contributed by atoms with van der Waals surface area (Å²) in [6.07, 6.45) is 8.14. The number of aromatic nitrogens is 1. The normalized spacial score (nSPS) is 18.3. The summed E-state index contributed by atoms with van der Waals surface area (Å²) in [5.74, 6) is 0.517. The van der Waals surface area contributed by atoms with E-state index >= 15 is 0 Å². The van der Waals surface area contributed by atoms with E-state index in [0.29, 0.717) is 12.0 Å². The summed E-state index contributed by atoms with van der Waals surface area (Å²) in [6.45, 7) is 5.11. The minimum Gasteiger partial charge on any atom is -0.378 e. The van der Waals surface area contributed by atoms with Crippen molar-refractivity contribution in [3.05, 3.63) is 58.9 Å². The zero-order valence-electron chi connectivity index (χ0n) is 20.9. The fourth-order valence-corrected chi connectivity index (χ4v) is 5.42. The zero-order chi connectivity index (χ0) is 23.4. The van der Waals surface area contributed by atoms with Gasteiger partial charge in [0.1, 0.15) is 0 Å². The molecule has 5 heteroatoms. The summed E-state index contributed by atoms with van der Waals surface area (Å²) in [7, 11) is 6.14. The molecule has 0 spiro atoms. The lowest BCUT2D eigenvalue weighted by atomic mass is 9.89. The molecule has 0 atom stereocenters. The van der Waals surface area contributed by atoms with Crippen molar-refractivity contribution >= 4 is 11.6 Å². The molecule has 5 nitrogen and oxygen atoms in total. The van der Waals surface area contributed by atoms with Crippen LogP contribution in [-0.2, 0) is 6.54 Å². The van der Waals surface area contributed by atoms with Crippen molar-refractivity contribution in [3.63, 3.8) is 0 Å². The first-order valence-corrected chi connectivity index (χ1v) is 12.7. The van der Waals surface area contributed by atoms with Gasteiger partial charge >= 0.3 is 0 Å². The van der Waals surface area contributed by atoms with E-state index in [0.717, 1.165) is 62.3 Å². The van der Waals surface area contributed by atoms with E-state index in [-0.39, 0.29) is 5.91 Å². The van der Waals surface area contributed by atoms with Crippen LogP contribution in [0.15, 0.2) is 36.4 Å². The lowest BCUT2D eigenvalue weighted by Crippen LogP contribution is -2.39. The molecule has 178 valence electrons. The quantitative estimate of drug-likeness (QED) is 0.606. The second-order valence-corrected chi connectivity index (χ2v) is 10.2. The topological polar surface area (TPSA) is 39.7 Å². The van der Waals surface area contributed by atoms with Gasteiger partial charge < -0.3 is 9.80 Å². The molecule has 4 rings (SSSR count). The van der Waals surface area contributed by atoms with Crippen molar-refractivity contribution in [1.82, 2.24) is 14.8 Å². The molecular formula is C28H40N4O. The molecule has 1 aliphatic heterocycles. The lowest BCUT2D eigenvalue weighted by Gasteiger charge is -2.34. The van der Waals surface area contributed by atoms with Gasteiger partial charge in [-0.05, 0) is 75.5 Å². The van der Waals surface area contributed by atoms with Crippen molar-refractivity contribution in [2.75, 3.05) is 39.1 Å². The van der Waals surface area contributed by atoms with Crippen LogP contribution < -0.4 is 4.90 Å². The van der Waals surface area contributed by atoms with Gasteiger partial charge in [0.15, 0.2) is 0 Å². The van der Waals surface area contributed by atoms with Crippen LogP contribution in [0.4, 0.5) is 5.69 Å². The molecule has 2 aromatic rings. The molecule has 2 fully saturated rings. The molecule has 33 heavy (non-hydrogen) atoms. The van der Waals surface area contributed by atoms with Crippen molar-refractivity contribution in [2.45, 2.75) is 70.4 Å². The van der Waals surface area contributed by atoms with Gasteiger partial charge in [0.25, 0.3) is 5.91 Å². The minimum absolute atomic E-state index is 0.160. The van der Waals surface area contributed by atoms with Gasteiger partial charge in [-0.3, -0.25) is 14.7 Å². The Balaban J connectivity index is 1.41. The average Bonchev–Trinajstić information content (AvgIpc) is 2.84. The third-order valence-electron chi connectivity index (χ3n) is 7.57. The number of hydrogen-bond acceptors (Lipinski definition) is 4. The summed E-state index contributed by atoms with van der Waals surface area (Å²) in [5, 5.41) is 0. The number of pyridine rings is 1. The third-order valence-corrected chi connectivity index (χ3v) is 7.57. The number of carbonyl (C=O) groups is 1. The van der Waals surface area contributed by atoms with Crippen molar-refractivity contribution in [3.8, 4) is 0 Å². The molecule has 1 aromatic heterocycles. The second-order valence-electron chi connectivity index (χ2n) is 10.2. The molecule has 1 saturated carbocycles. The molecule has 1 saturated heterocycles. The first-order chi connectivity index (χ1) is 15.9. The smallest absolute Gasteiger partial charge is 0.255 e. The van der Waals surface area contributed by atoms with Gasteiger partial charge in [-0.25, -0.2) is 0 Å².